The summed E-state index contributed by atoms with van der Waals surface area (Å²) >= 11 is 6.33. The molecule has 1 aromatic carbocycles. The zero-order valence-corrected chi connectivity index (χ0v) is 13.5. The van der Waals surface area contributed by atoms with E-state index in [9.17, 15) is 0 Å². The van der Waals surface area contributed by atoms with E-state index < -0.39 is 0 Å². The molecule has 0 radical (unpaired) electrons. The molecule has 0 heterocycles. The first kappa shape index (κ1) is 16.1. The van der Waals surface area contributed by atoms with Gasteiger partial charge in [-0.25, -0.2) is 0 Å². The molecule has 21 heavy (non-hydrogen) atoms. The third-order valence-corrected chi connectivity index (χ3v) is 4.86. The van der Waals surface area contributed by atoms with E-state index in [1.165, 1.54) is 25.7 Å². The van der Waals surface area contributed by atoms with Crippen LogP contribution in [0.1, 0.15) is 43.7 Å². The van der Waals surface area contributed by atoms with E-state index in [1.54, 1.807) is 6.07 Å². The first-order valence-electron chi connectivity index (χ1n) is 7.49. The highest BCUT2D eigenvalue weighted by molar-refractivity contribution is 6.31. The Bertz CT molecular complexity index is 518. The highest BCUT2D eigenvalue weighted by Gasteiger charge is 2.25. The van der Waals surface area contributed by atoms with Crippen LogP contribution >= 0.6 is 11.6 Å². The highest BCUT2D eigenvalue weighted by atomic mass is 35.5. The van der Waals surface area contributed by atoms with E-state index in [0.29, 0.717) is 16.6 Å². The molecule has 2 atom stereocenters. The van der Waals surface area contributed by atoms with Gasteiger partial charge in [-0.1, -0.05) is 48.7 Å². The summed E-state index contributed by atoms with van der Waals surface area (Å²) in [6.45, 7) is 3.16. The molecule has 2 unspecified atom stereocenters. The first-order valence-corrected chi connectivity index (χ1v) is 7.87. The number of nitrogens with zero attached hydrogens (tertiary/aromatic N) is 2. The van der Waals surface area contributed by atoms with Crippen LogP contribution in [0.5, 0.6) is 0 Å². The Morgan fingerprint density at radius 3 is 2.76 bits per heavy atom. The van der Waals surface area contributed by atoms with Crippen LogP contribution in [0.25, 0.3) is 0 Å². The van der Waals surface area contributed by atoms with E-state index in [0.717, 1.165) is 18.0 Å². The van der Waals surface area contributed by atoms with E-state index in [-0.39, 0.29) is 5.84 Å². The fourth-order valence-corrected chi connectivity index (χ4v) is 3.47. The van der Waals surface area contributed by atoms with Crippen molar-refractivity contribution in [3.8, 4) is 0 Å². The quantitative estimate of drug-likeness (QED) is 0.387. The minimum absolute atomic E-state index is 0.0812. The molecule has 0 amide bonds. The zero-order chi connectivity index (χ0) is 15.4. The molecule has 3 N–H and O–H groups in total. The lowest BCUT2D eigenvalue weighted by Crippen LogP contribution is -2.38. The summed E-state index contributed by atoms with van der Waals surface area (Å²) in [6, 6.07) is 6.18. The molecule has 1 aliphatic carbocycles. The maximum atomic E-state index is 8.70. The molecule has 116 valence electrons. The van der Waals surface area contributed by atoms with Gasteiger partial charge in [-0.05, 0) is 37.4 Å². The molecule has 1 fully saturated rings. The highest BCUT2D eigenvalue weighted by Crippen LogP contribution is 2.29. The van der Waals surface area contributed by atoms with Gasteiger partial charge >= 0.3 is 0 Å². The topological polar surface area (TPSA) is 61.8 Å². The molecule has 0 saturated heterocycles. The average molecular weight is 310 g/mol. The smallest absolute Gasteiger partial charge is 0.170 e. The van der Waals surface area contributed by atoms with Crippen molar-refractivity contribution in [3.63, 3.8) is 0 Å². The number of benzene rings is 1. The average Bonchev–Trinajstić information content (AvgIpc) is 2.48. The van der Waals surface area contributed by atoms with Crippen molar-refractivity contribution >= 4 is 17.4 Å². The number of amidine groups is 1. The van der Waals surface area contributed by atoms with Crippen molar-refractivity contribution in [3.05, 3.63) is 34.3 Å². The largest absolute Gasteiger partial charge is 0.409 e. The Kier molecular flexibility index (Phi) is 5.48. The van der Waals surface area contributed by atoms with Gasteiger partial charge in [0, 0.05) is 23.2 Å². The summed E-state index contributed by atoms with van der Waals surface area (Å²) in [7, 11) is 2.17. The Labute approximate surface area is 131 Å². The van der Waals surface area contributed by atoms with Crippen LogP contribution in [-0.2, 0) is 6.54 Å². The number of hydrogen-bond acceptors (Lipinski definition) is 3. The van der Waals surface area contributed by atoms with E-state index >= 15 is 0 Å². The first-order chi connectivity index (χ1) is 10.0. The van der Waals surface area contributed by atoms with Gasteiger partial charge in [-0.2, -0.15) is 0 Å². The molecule has 1 aromatic rings. The Morgan fingerprint density at radius 1 is 1.43 bits per heavy atom. The van der Waals surface area contributed by atoms with Crippen LogP contribution in [0.2, 0.25) is 5.02 Å². The fourth-order valence-electron chi connectivity index (χ4n) is 3.23. The molecular weight excluding hydrogens is 286 g/mol. The van der Waals surface area contributed by atoms with Crippen LogP contribution in [0.15, 0.2) is 23.4 Å². The molecule has 0 bridgehead atoms. The van der Waals surface area contributed by atoms with Gasteiger partial charge in [0.15, 0.2) is 5.84 Å². The van der Waals surface area contributed by atoms with Gasteiger partial charge in [-0.3, -0.25) is 4.90 Å². The number of nitrogens with two attached hydrogens (primary N) is 1. The maximum absolute atomic E-state index is 8.70. The summed E-state index contributed by atoms with van der Waals surface area (Å²) in [6.07, 6.45) is 5.24. The second-order valence-electron chi connectivity index (χ2n) is 6.04. The molecule has 0 spiro atoms. The van der Waals surface area contributed by atoms with Crippen molar-refractivity contribution < 1.29 is 5.21 Å². The lowest BCUT2D eigenvalue weighted by atomic mass is 9.85. The van der Waals surface area contributed by atoms with Crippen LogP contribution < -0.4 is 5.73 Å². The molecule has 0 aromatic heterocycles. The number of oxime groups is 1. The molecular formula is C16H24ClN3O. The van der Waals surface area contributed by atoms with E-state index in [2.05, 4.69) is 24.0 Å². The van der Waals surface area contributed by atoms with Crippen molar-refractivity contribution in [2.45, 2.75) is 45.2 Å². The number of rotatable bonds is 4. The predicted molar refractivity (Wildman–Crippen MR) is 86.8 cm³/mol. The minimum Gasteiger partial charge on any atom is -0.409 e. The van der Waals surface area contributed by atoms with Crippen molar-refractivity contribution in [1.82, 2.24) is 4.90 Å². The van der Waals surface area contributed by atoms with Crippen LogP contribution in [-0.4, -0.2) is 29.0 Å². The summed E-state index contributed by atoms with van der Waals surface area (Å²) < 4.78 is 0. The fraction of sp³-hybridized carbons (Fsp3) is 0.562. The van der Waals surface area contributed by atoms with Gasteiger partial charge in [-0.15, -0.1) is 0 Å². The van der Waals surface area contributed by atoms with Crippen molar-refractivity contribution in [1.29, 1.82) is 0 Å². The molecule has 2 rings (SSSR count). The monoisotopic (exact) mass is 309 g/mol. The van der Waals surface area contributed by atoms with Gasteiger partial charge < -0.3 is 10.9 Å². The Hall–Kier alpha value is -1.26. The summed E-state index contributed by atoms with van der Waals surface area (Å²) in [4.78, 5) is 2.40. The lowest BCUT2D eigenvalue weighted by molar-refractivity contribution is 0.133. The van der Waals surface area contributed by atoms with Gasteiger partial charge in [0.05, 0.1) is 0 Å². The second-order valence-corrected chi connectivity index (χ2v) is 6.44. The normalized spacial score (nSPS) is 23.5. The third-order valence-electron chi connectivity index (χ3n) is 4.51. The Balaban J connectivity index is 2.08. The number of hydrogen-bond donors (Lipinski definition) is 2. The molecule has 0 aliphatic heterocycles. The molecule has 4 nitrogen and oxygen atoms in total. The predicted octanol–water partition coefficient (Wildman–Crippen LogP) is 3.45. The van der Waals surface area contributed by atoms with Crippen LogP contribution in [0.4, 0.5) is 0 Å². The van der Waals surface area contributed by atoms with Gasteiger partial charge in [0.2, 0.25) is 0 Å². The standard InChI is InChI=1S/C16H24ClN3O/c1-11-5-3-4-6-15(11)20(2)10-13-8-7-12(9-14(13)17)16(18)19-21/h7-9,11,15,21H,3-6,10H2,1-2H3,(H2,18,19). The van der Waals surface area contributed by atoms with E-state index in [1.807, 2.05) is 12.1 Å². The van der Waals surface area contributed by atoms with Gasteiger partial charge in [0.1, 0.15) is 0 Å². The lowest BCUT2D eigenvalue weighted by Gasteiger charge is -2.36. The molecule has 5 heteroatoms. The summed E-state index contributed by atoms with van der Waals surface area (Å²) in [5.74, 6) is 0.816. The zero-order valence-electron chi connectivity index (χ0n) is 12.7. The summed E-state index contributed by atoms with van der Waals surface area (Å²) in [5.41, 5.74) is 7.29. The van der Waals surface area contributed by atoms with E-state index in [4.69, 9.17) is 22.5 Å². The van der Waals surface area contributed by atoms with Crippen LogP contribution in [0.3, 0.4) is 0 Å². The molecule has 1 aliphatic rings. The SMILES string of the molecule is CC1CCCCC1N(C)Cc1ccc(/C(N)=N/O)cc1Cl. The number of halogens is 1. The minimum atomic E-state index is 0.0812. The third kappa shape index (κ3) is 3.89. The van der Waals surface area contributed by atoms with Crippen LogP contribution in [0, 0.1) is 5.92 Å². The second kappa shape index (κ2) is 7.14. The summed E-state index contributed by atoms with van der Waals surface area (Å²) in [5, 5.41) is 12.4. The maximum Gasteiger partial charge on any atom is 0.170 e. The van der Waals surface area contributed by atoms with Crippen molar-refractivity contribution in [2.24, 2.45) is 16.8 Å². The van der Waals surface area contributed by atoms with Gasteiger partial charge in [0.25, 0.3) is 0 Å². The van der Waals surface area contributed by atoms with Crippen molar-refractivity contribution in [2.75, 3.05) is 7.05 Å². The Morgan fingerprint density at radius 2 is 2.14 bits per heavy atom. The molecule has 1 saturated carbocycles.